The van der Waals surface area contributed by atoms with Gasteiger partial charge in [-0.05, 0) is 23.9 Å². The largest absolute Gasteiger partial charge is 0.365 e. The van der Waals surface area contributed by atoms with Crippen LogP contribution in [0, 0.1) is 6.92 Å². The molecule has 0 radical (unpaired) electrons. The number of nitrogens with zero attached hydrogens (tertiary/aromatic N) is 1. The van der Waals surface area contributed by atoms with Crippen molar-refractivity contribution in [2.24, 2.45) is 0 Å². The van der Waals surface area contributed by atoms with Gasteiger partial charge in [0.05, 0.1) is 10.6 Å². The lowest BCUT2D eigenvalue weighted by atomic mass is 10.3. The molecule has 13 heavy (non-hydrogen) atoms. The molecule has 0 saturated carbocycles. The van der Waals surface area contributed by atoms with Crippen molar-refractivity contribution in [1.82, 2.24) is 4.98 Å². The van der Waals surface area contributed by atoms with Crippen molar-refractivity contribution in [3.05, 3.63) is 22.4 Å². The average molecular weight is 210 g/mol. The van der Waals surface area contributed by atoms with E-state index in [2.05, 4.69) is 34.1 Å². The Morgan fingerprint density at radius 3 is 2.69 bits per heavy atom. The SMILES string of the molecule is CNc1nc(-c2cc(C)cs2)cs1. The van der Waals surface area contributed by atoms with Crippen LogP contribution < -0.4 is 5.32 Å². The van der Waals surface area contributed by atoms with Gasteiger partial charge in [0.15, 0.2) is 5.13 Å². The molecule has 2 aromatic rings. The predicted octanol–water partition coefficient (Wildman–Crippen LogP) is 3.22. The number of hydrogen-bond acceptors (Lipinski definition) is 4. The maximum Gasteiger partial charge on any atom is 0.182 e. The fraction of sp³-hybridized carbons (Fsp3) is 0.222. The summed E-state index contributed by atoms with van der Waals surface area (Å²) in [6.07, 6.45) is 0. The van der Waals surface area contributed by atoms with E-state index in [0.29, 0.717) is 0 Å². The molecule has 4 heteroatoms. The molecule has 0 fully saturated rings. The summed E-state index contributed by atoms with van der Waals surface area (Å²) in [5.41, 5.74) is 2.38. The Morgan fingerprint density at radius 1 is 1.31 bits per heavy atom. The highest BCUT2D eigenvalue weighted by atomic mass is 32.1. The van der Waals surface area contributed by atoms with E-state index in [4.69, 9.17) is 0 Å². The third-order valence-corrected chi connectivity index (χ3v) is 3.63. The van der Waals surface area contributed by atoms with Crippen LogP contribution in [0.4, 0.5) is 5.13 Å². The van der Waals surface area contributed by atoms with Crippen LogP contribution in [0.3, 0.4) is 0 Å². The summed E-state index contributed by atoms with van der Waals surface area (Å²) in [6, 6.07) is 2.17. The van der Waals surface area contributed by atoms with Crippen molar-refractivity contribution >= 4 is 27.8 Å². The molecule has 0 unspecified atom stereocenters. The van der Waals surface area contributed by atoms with Crippen LogP contribution in [-0.2, 0) is 0 Å². The van der Waals surface area contributed by atoms with E-state index in [0.717, 1.165) is 10.8 Å². The van der Waals surface area contributed by atoms with Crippen molar-refractivity contribution in [3.63, 3.8) is 0 Å². The maximum absolute atomic E-state index is 4.43. The van der Waals surface area contributed by atoms with E-state index < -0.39 is 0 Å². The first-order valence-corrected chi connectivity index (χ1v) is 5.74. The quantitative estimate of drug-likeness (QED) is 0.823. The molecule has 0 saturated heterocycles. The number of aryl methyl sites for hydroxylation is 1. The van der Waals surface area contributed by atoms with E-state index >= 15 is 0 Å². The fourth-order valence-corrected chi connectivity index (χ4v) is 2.67. The van der Waals surface area contributed by atoms with Crippen molar-refractivity contribution in [2.75, 3.05) is 12.4 Å². The minimum absolute atomic E-state index is 0.973. The van der Waals surface area contributed by atoms with Crippen molar-refractivity contribution in [2.45, 2.75) is 6.92 Å². The van der Waals surface area contributed by atoms with E-state index in [1.807, 2.05) is 7.05 Å². The molecule has 2 aromatic heterocycles. The van der Waals surface area contributed by atoms with Crippen LogP contribution in [0.5, 0.6) is 0 Å². The van der Waals surface area contributed by atoms with Gasteiger partial charge < -0.3 is 5.32 Å². The summed E-state index contributed by atoms with van der Waals surface area (Å²) in [6.45, 7) is 2.10. The molecule has 68 valence electrons. The minimum atomic E-state index is 0.973. The highest BCUT2D eigenvalue weighted by Gasteiger charge is 2.04. The first-order valence-electron chi connectivity index (χ1n) is 3.98. The molecule has 0 aliphatic heterocycles. The third kappa shape index (κ3) is 1.73. The average Bonchev–Trinajstić information content (AvgIpc) is 2.71. The lowest BCUT2D eigenvalue weighted by Crippen LogP contribution is -1.84. The second-order valence-electron chi connectivity index (χ2n) is 2.78. The van der Waals surface area contributed by atoms with Gasteiger partial charge in [-0.15, -0.1) is 22.7 Å². The molecule has 1 N–H and O–H groups in total. The molecule has 0 aromatic carbocycles. The summed E-state index contributed by atoms with van der Waals surface area (Å²) in [7, 11) is 1.89. The maximum atomic E-state index is 4.43. The van der Waals surface area contributed by atoms with Gasteiger partial charge in [0, 0.05) is 12.4 Å². The Kier molecular flexibility index (Phi) is 2.33. The number of rotatable bonds is 2. The van der Waals surface area contributed by atoms with Crippen molar-refractivity contribution in [1.29, 1.82) is 0 Å². The number of thiazole rings is 1. The van der Waals surface area contributed by atoms with Crippen LogP contribution in [0.15, 0.2) is 16.8 Å². The zero-order chi connectivity index (χ0) is 9.26. The molecule has 2 heterocycles. The predicted molar refractivity (Wildman–Crippen MR) is 59.7 cm³/mol. The molecule has 0 amide bonds. The number of nitrogens with one attached hydrogen (secondary N) is 1. The lowest BCUT2D eigenvalue weighted by Gasteiger charge is -1.89. The van der Waals surface area contributed by atoms with E-state index in [1.54, 1.807) is 22.7 Å². The molecule has 0 atom stereocenters. The van der Waals surface area contributed by atoms with Crippen LogP contribution in [-0.4, -0.2) is 12.0 Å². The summed E-state index contributed by atoms with van der Waals surface area (Å²) in [5, 5.41) is 8.24. The number of aromatic nitrogens is 1. The van der Waals surface area contributed by atoms with Gasteiger partial charge in [-0.1, -0.05) is 0 Å². The zero-order valence-corrected chi connectivity index (χ0v) is 9.13. The highest BCUT2D eigenvalue weighted by Crippen LogP contribution is 2.29. The van der Waals surface area contributed by atoms with Gasteiger partial charge in [0.25, 0.3) is 0 Å². The van der Waals surface area contributed by atoms with E-state index in [-0.39, 0.29) is 0 Å². The number of anilines is 1. The summed E-state index contributed by atoms with van der Waals surface area (Å²) in [4.78, 5) is 5.68. The molecule has 2 nitrogen and oxygen atoms in total. The number of hydrogen-bond donors (Lipinski definition) is 1. The van der Waals surface area contributed by atoms with Gasteiger partial charge in [-0.25, -0.2) is 4.98 Å². The molecular weight excluding hydrogens is 200 g/mol. The molecule has 2 rings (SSSR count). The lowest BCUT2D eigenvalue weighted by molar-refractivity contribution is 1.37. The Labute approximate surface area is 85.3 Å². The normalized spacial score (nSPS) is 10.3. The zero-order valence-electron chi connectivity index (χ0n) is 7.50. The smallest absolute Gasteiger partial charge is 0.182 e. The monoisotopic (exact) mass is 210 g/mol. The third-order valence-electron chi connectivity index (χ3n) is 1.70. The Bertz CT molecular complexity index is 403. The Morgan fingerprint density at radius 2 is 2.15 bits per heavy atom. The van der Waals surface area contributed by atoms with Gasteiger partial charge in [-0.2, -0.15) is 0 Å². The van der Waals surface area contributed by atoms with Gasteiger partial charge in [0.1, 0.15) is 0 Å². The van der Waals surface area contributed by atoms with E-state index in [9.17, 15) is 0 Å². The highest BCUT2D eigenvalue weighted by molar-refractivity contribution is 7.16. The van der Waals surface area contributed by atoms with Crippen LogP contribution in [0.1, 0.15) is 5.56 Å². The molecule has 0 bridgehead atoms. The van der Waals surface area contributed by atoms with Gasteiger partial charge in [0.2, 0.25) is 0 Å². The second kappa shape index (κ2) is 3.47. The van der Waals surface area contributed by atoms with Crippen LogP contribution in [0.25, 0.3) is 10.6 Å². The second-order valence-corrected chi connectivity index (χ2v) is 4.55. The molecular formula is C9H10N2S2. The standard InChI is InChI=1S/C9H10N2S2/c1-6-3-8(12-4-6)7-5-13-9(10-2)11-7/h3-5H,1-2H3,(H,10,11). The summed E-state index contributed by atoms with van der Waals surface area (Å²) < 4.78 is 0. The van der Waals surface area contributed by atoms with E-state index in [1.165, 1.54) is 10.4 Å². The minimum Gasteiger partial charge on any atom is -0.365 e. The van der Waals surface area contributed by atoms with Gasteiger partial charge in [-0.3, -0.25) is 0 Å². The van der Waals surface area contributed by atoms with Crippen molar-refractivity contribution < 1.29 is 0 Å². The first kappa shape index (κ1) is 8.72. The summed E-state index contributed by atoms with van der Waals surface area (Å²) in [5.74, 6) is 0. The Balaban J connectivity index is 2.35. The molecule has 0 aliphatic carbocycles. The van der Waals surface area contributed by atoms with Crippen LogP contribution in [0.2, 0.25) is 0 Å². The Hall–Kier alpha value is -0.870. The molecule has 0 spiro atoms. The fourth-order valence-electron chi connectivity index (χ4n) is 1.07. The van der Waals surface area contributed by atoms with Crippen LogP contribution >= 0.6 is 22.7 Å². The van der Waals surface area contributed by atoms with Gasteiger partial charge >= 0.3 is 0 Å². The topological polar surface area (TPSA) is 24.9 Å². The molecule has 0 aliphatic rings. The number of thiophene rings is 1. The first-order chi connectivity index (χ1) is 6.29. The van der Waals surface area contributed by atoms with Crippen molar-refractivity contribution in [3.8, 4) is 10.6 Å². The summed E-state index contributed by atoms with van der Waals surface area (Å²) >= 11 is 3.38.